The summed E-state index contributed by atoms with van der Waals surface area (Å²) < 4.78 is 29.0. The number of aromatic carboxylic acids is 1. The van der Waals surface area contributed by atoms with Gasteiger partial charge in [0.05, 0.1) is 16.5 Å². The van der Waals surface area contributed by atoms with Crippen molar-refractivity contribution in [2.45, 2.75) is 37.1 Å². The Kier molecular flexibility index (Phi) is 5.44. The number of carboxylic acids is 1. The van der Waals surface area contributed by atoms with E-state index in [2.05, 4.69) is 22.2 Å². The van der Waals surface area contributed by atoms with Crippen LogP contribution in [-0.2, 0) is 10.0 Å². The fraction of sp³-hybridized carbons (Fsp3) is 0.222. The molecular formula is C27H26N2O4S. The summed E-state index contributed by atoms with van der Waals surface area (Å²) in [6, 6.07) is 17.7. The van der Waals surface area contributed by atoms with Gasteiger partial charge in [-0.1, -0.05) is 30.4 Å². The van der Waals surface area contributed by atoms with Gasteiger partial charge >= 0.3 is 5.97 Å². The summed E-state index contributed by atoms with van der Waals surface area (Å²) in [6.07, 6.45) is 5.15. The molecule has 7 heteroatoms. The first-order chi connectivity index (χ1) is 16.2. The van der Waals surface area contributed by atoms with Crippen LogP contribution >= 0.6 is 0 Å². The monoisotopic (exact) mass is 474 g/mol. The third-order valence-corrected chi connectivity index (χ3v) is 8.30. The smallest absolute Gasteiger partial charge is 0.335 e. The lowest BCUT2D eigenvalue weighted by atomic mass is 9.77. The number of hydrogen-bond donors (Lipinski definition) is 3. The van der Waals surface area contributed by atoms with E-state index in [1.54, 1.807) is 30.3 Å². The molecule has 3 N–H and O–H groups in total. The number of fused-ring (bicyclic) bond motifs is 3. The fourth-order valence-corrected chi connectivity index (χ4v) is 6.01. The first kappa shape index (κ1) is 22.2. The van der Waals surface area contributed by atoms with Crippen molar-refractivity contribution in [3.05, 3.63) is 101 Å². The number of hydrogen-bond acceptors (Lipinski definition) is 4. The van der Waals surface area contributed by atoms with Gasteiger partial charge in [-0.2, -0.15) is 0 Å². The number of sulfonamides is 1. The maximum atomic E-state index is 13.2. The average molecular weight is 475 g/mol. The number of nitrogens with one attached hydrogen (secondary N) is 2. The predicted molar refractivity (Wildman–Crippen MR) is 133 cm³/mol. The summed E-state index contributed by atoms with van der Waals surface area (Å²) in [5, 5.41) is 12.8. The van der Waals surface area contributed by atoms with Crippen molar-refractivity contribution in [3.8, 4) is 0 Å². The minimum Gasteiger partial charge on any atom is -0.478 e. The lowest BCUT2D eigenvalue weighted by Crippen LogP contribution is -2.29. The second kappa shape index (κ2) is 8.33. The Bertz CT molecular complexity index is 1410. The third-order valence-electron chi connectivity index (χ3n) is 6.92. The van der Waals surface area contributed by atoms with Gasteiger partial charge in [0, 0.05) is 17.3 Å². The van der Waals surface area contributed by atoms with Crippen LogP contribution in [0.1, 0.15) is 51.0 Å². The second-order valence-corrected chi connectivity index (χ2v) is 10.7. The maximum absolute atomic E-state index is 13.2. The van der Waals surface area contributed by atoms with Crippen LogP contribution in [-0.4, -0.2) is 19.5 Å². The molecule has 3 atom stereocenters. The Morgan fingerprint density at radius 3 is 2.47 bits per heavy atom. The van der Waals surface area contributed by atoms with E-state index in [4.69, 9.17) is 0 Å². The maximum Gasteiger partial charge on any atom is 0.335 e. The van der Waals surface area contributed by atoms with Gasteiger partial charge in [-0.25, -0.2) is 13.2 Å². The van der Waals surface area contributed by atoms with Crippen molar-refractivity contribution < 1.29 is 18.3 Å². The average Bonchev–Trinajstić information content (AvgIpc) is 3.31. The molecule has 0 fully saturated rings. The molecule has 0 radical (unpaired) electrons. The Morgan fingerprint density at radius 2 is 1.76 bits per heavy atom. The minimum absolute atomic E-state index is 0.00598. The van der Waals surface area contributed by atoms with E-state index >= 15 is 0 Å². The van der Waals surface area contributed by atoms with Gasteiger partial charge in [0.2, 0.25) is 0 Å². The van der Waals surface area contributed by atoms with Crippen LogP contribution in [0.5, 0.6) is 0 Å². The predicted octanol–water partition coefficient (Wildman–Crippen LogP) is 5.63. The number of anilines is 2. The Balaban J connectivity index is 1.46. The van der Waals surface area contributed by atoms with E-state index in [0.29, 0.717) is 5.69 Å². The highest BCUT2D eigenvalue weighted by Gasteiger charge is 2.38. The molecule has 0 saturated carbocycles. The van der Waals surface area contributed by atoms with Gasteiger partial charge in [-0.3, -0.25) is 4.72 Å². The SMILES string of the molecule is Cc1ccc(NS(=O)(=O)c2ccc3c(c2)[C@H]2C=CC[C@H]2[C@H](c2ccc(C(=O)O)cc2)N3)cc1C. The summed E-state index contributed by atoms with van der Waals surface area (Å²) in [5.41, 5.74) is 5.80. The molecule has 5 rings (SSSR count). The zero-order valence-corrected chi connectivity index (χ0v) is 19.8. The molecule has 2 aliphatic rings. The molecule has 1 aliphatic heterocycles. The molecule has 0 spiro atoms. The number of rotatable bonds is 5. The molecule has 0 bridgehead atoms. The number of allylic oxidation sites excluding steroid dienone is 2. The van der Waals surface area contributed by atoms with E-state index in [-0.39, 0.29) is 28.3 Å². The number of aryl methyl sites for hydroxylation is 2. The molecule has 0 aromatic heterocycles. The summed E-state index contributed by atoms with van der Waals surface area (Å²) in [5.74, 6) is -0.650. The quantitative estimate of drug-likeness (QED) is 0.417. The standard InChI is InChI=1S/C27H26N2O4S/c1-16-6-11-20(14-17(16)2)29-34(32,33)21-12-13-25-24(15-21)22-4-3-5-23(22)26(28-25)18-7-9-19(10-8-18)27(30)31/h3-4,6-15,22-23,26,28-29H,5H2,1-2H3,(H,30,31)/t22-,23+,26-/m0/s1. The first-order valence-corrected chi connectivity index (χ1v) is 12.7. The summed E-state index contributed by atoms with van der Waals surface area (Å²) >= 11 is 0. The van der Waals surface area contributed by atoms with Gasteiger partial charge < -0.3 is 10.4 Å². The normalized spacial score (nSPS) is 20.8. The molecule has 174 valence electrons. The molecule has 3 aromatic carbocycles. The number of benzene rings is 3. The highest BCUT2D eigenvalue weighted by Crippen LogP contribution is 2.50. The first-order valence-electron chi connectivity index (χ1n) is 11.2. The number of carbonyl (C=O) groups is 1. The Labute approximate surface area is 199 Å². The molecule has 1 aliphatic carbocycles. The van der Waals surface area contributed by atoms with Crippen LogP contribution in [0, 0.1) is 19.8 Å². The van der Waals surface area contributed by atoms with E-state index in [9.17, 15) is 18.3 Å². The second-order valence-electron chi connectivity index (χ2n) is 9.06. The van der Waals surface area contributed by atoms with Crippen molar-refractivity contribution >= 4 is 27.4 Å². The van der Waals surface area contributed by atoms with Gasteiger partial charge in [-0.15, -0.1) is 0 Å². The van der Waals surface area contributed by atoms with E-state index in [1.807, 2.05) is 44.2 Å². The third kappa shape index (κ3) is 3.96. The zero-order chi connectivity index (χ0) is 24.0. The van der Waals surface area contributed by atoms with Crippen LogP contribution in [0.3, 0.4) is 0 Å². The van der Waals surface area contributed by atoms with Crippen molar-refractivity contribution in [3.63, 3.8) is 0 Å². The number of carboxylic acid groups (broad SMARTS) is 1. The zero-order valence-electron chi connectivity index (χ0n) is 18.9. The fourth-order valence-electron chi connectivity index (χ4n) is 4.92. The van der Waals surface area contributed by atoms with E-state index in [0.717, 1.165) is 34.4 Å². The molecule has 34 heavy (non-hydrogen) atoms. The summed E-state index contributed by atoms with van der Waals surface area (Å²) in [6.45, 7) is 3.94. The topological polar surface area (TPSA) is 95.5 Å². The minimum atomic E-state index is -3.74. The van der Waals surface area contributed by atoms with Gasteiger partial charge in [0.15, 0.2) is 0 Å². The van der Waals surface area contributed by atoms with Crippen LogP contribution in [0.2, 0.25) is 0 Å². The van der Waals surface area contributed by atoms with Crippen molar-refractivity contribution in [2.24, 2.45) is 5.92 Å². The highest BCUT2D eigenvalue weighted by atomic mass is 32.2. The Hall–Kier alpha value is -3.58. The molecule has 0 saturated heterocycles. The van der Waals surface area contributed by atoms with Gasteiger partial charge in [0.25, 0.3) is 10.0 Å². The van der Waals surface area contributed by atoms with E-state index < -0.39 is 16.0 Å². The molecule has 0 amide bonds. The molecule has 3 aromatic rings. The molecule has 0 unspecified atom stereocenters. The van der Waals surface area contributed by atoms with Gasteiger partial charge in [-0.05, 0) is 90.9 Å². The van der Waals surface area contributed by atoms with Crippen molar-refractivity contribution in [1.82, 2.24) is 0 Å². The molecule has 6 nitrogen and oxygen atoms in total. The molecule has 1 heterocycles. The lowest BCUT2D eigenvalue weighted by molar-refractivity contribution is 0.0697. The highest BCUT2D eigenvalue weighted by molar-refractivity contribution is 7.92. The van der Waals surface area contributed by atoms with Crippen LogP contribution in [0.25, 0.3) is 0 Å². The van der Waals surface area contributed by atoms with Gasteiger partial charge in [0.1, 0.15) is 0 Å². The van der Waals surface area contributed by atoms with Crippen LogP contribution in [0.4, 0.5) is 11.4 Å². The Morgan fingerprint density at radius 1 is 1.00 bits per heavy atom. The summed E-state index contributed by atoms with van der Waals surface area (Å²) in [7, 11) is -3.74. The van der Waals surface area contributed by atoms with Crippen LogP contribution < -0.4 is 10.0 Å². The molecular weight excluding hydrogens is 448 g/mol. The van der Waals surface area contributed by atoms with Crippen molar-refractivity contribution in [1.29, 1.82) is 0 Å². The lowest BCUT2D eigenvalue weighted by Gasteiger charge is -2.37. The largest absolute Gasteiger partial charge is 0.478 e. The van der Waals surface area contributed by atoms with Crippen molar-refractivity contribution in [2.75, 3.05) is 10.0 Å². The summed E-state index contributed by atoms with van der Waals surface area (Å²) in [4.78, 5) is 11.4. The van der Waals surface area contributed by atoms with E-state index in [1.165, 1.54) is 0 Å². The van der Waals surface area contributed by atoms with Crippen LogP contribution in [0.15, 0.2) is 77.7 Å².